The Morgan fingerprint density at radius 3 is 3.07 bits per heavy atom. The third-order valence-electron chi connectivity index (χ3n) is 2.31. The Balaban J connectivity index is 2.71. The van der Waals surface area contributed by atoms with Gasteiger partial charge in [-0.2, -0.15) is 5.26 Å². The Morgan fingerprint density at radius 2 is 2.40 bits per heavy atom. The lowest BCUT2D eigenvalue weighted by Crippen LogP contribution is -2.08. The number of pyridine rings is 1. The normalized spacial score (nSPS) is 10.5. The molecule has 2 aromatic rings. The molecule has 2 rings (SSSR count). The maximum atomic E-state index is 8.96. The maximum Gasteiger partial charge on any atom is 0.166 e. The Labute approximate surface area is 88.2 Å². The fourth-order valence-electron chi connectivity index (χ4n) is 1.62. The molecule has 0 aliphatic carbocycles. The summed E-state index contributed by atoms with van der Waals surface area (Å²) in [5.41, 5.74) is 2.50. The highest BCUT2D eigenvalue weighted by Gasteiger charge is 2.09. The van der Waals surface area contributed by atoms with E-state index in [0.717, 1.165) is 16.9 Å². The van der Waals surface area contributed by atoms with Crippen LogP contribution < -0.4 is 5.32 Å². The van der Waals surface area contributed by atoms with Gasteiger partial charge in [0.2, 0.25) is 0 Å². The summed E-state index contributed by atoms with van der Waals surface area (Å²) < 4.78 is 1.95. The number of nitrogens with one attached hydrogen (secondary N) is 1. The van der Waals surface area contributed by atoms with E-state index in [1.807, 2.05) is 36.7 Å². The van der Waals surface area contributed by atoms with E-state index in [-0.39, 0.29) is 0 Å². The summed E-state index contributed by atoms with van der Waals surface area (Å²) >= 11 is 0. The second-order valence-electron chi connectivity index (χ2n) is 3.48. The lowest BCUT2D eigenvalue weighted by molar-refractivity contribution is 0.754. The first kappa shape index (κ1) is 9.69. The van der Waals surface area contributed by atoms with Crippen LogP contribution in [0.1, 0.15) is 17.1 Å². The third kappa shape index (κ3) is 1.58. The molecule has 2 aromatic heterocycles. The van der Waals surface area contributed by atoms with Gasteiger partial charge in [-0.3, -0.25) is 0 Å². The smallest absolute Gasteiger partial charge is 0.166 e. The molecule has 4 nitrogen and oxygen atoms in total. The Kier molecular flexibility index (Phi) is 2.40. The van der Waals surface area contributed by atoms with Crippen molar-refractivity contribution in [3.05, 3.63) is 35.4 Å². The number of hydrogen-bond acceptors (Lipinski definition) is 3. The number of rotatable bonds is 2. The zero-order chi connectivity index (χ0) is 10.8. The second kappa shape index (κ2) is 3.71. The van der Waals surface area contributed by atoms with Gasteiger partial charge in [0.15, 0.2) is 5.69 Å². The molecule has 0 saturated heterocycles. The van der Waals surface area contributed by atoms with Crippen molar-refractivity contribution in [1.82, 2.24) is 14.7 Å². The van der Waals surface area contributed by atoms with E-state index >= 15 is 0 Å². The van der Waals surface area contributed by atoms with Gasteiger partial charge in [-0.25, -0.2) is 4.98 Å². The van der Waals surface area contributed by atoms with E-state index in [0.29, 0.717) is 12.2 Å². The molecule has 4 heteroatoms. The van der Waals surface area contributed by atoms with Gasteiger partial charge in [-0.15, -0.1) is 0 Å². The molecule has 15 heavy (non-hydrogen) atoms. The van der Waals surface area contributed by atoms with Crippen molar-refractivity contribution >= 4 is 5.52 Å². The van der Waals surface area contributed by atoms with Gasteiger partial charge < -0.3 is 9.72 Å². The quantitative estimate of drug-likeness (QED) is 0.793. The molecule has 2 heterocycles. The third-order valence-corrected chi connectivity index (χ3v) is 2.31. The SMILES string of the molecule is CNCc1nc(C#N)c2cc(C)ccn12. The molecule has 0 aliphatic rings. The average molecular weight is 200 g/mol. The predicted octanol–water partition coefficient (Wildman–Crippen LogP) is 1.23. The summed E-state index contributed by atoms with van der Waals surface area (Å²) in [5, 5.41) is 12.0. The molecule has 0 bridgehead atoms. The van der Waals surface area contributed by atoms with Gasteiger partial charge in [0.25, 0.3) is 0 Å². The Bertz CT molecular complexity index is 533. The Hall–Kier alpha value is -1.86. The number of imidazole rings is 1. The van der Waals surface area contributed by atoms with Gasteiger partial charge >= 0.3 is 0 Å². The van der Waals surface area contributed by atoms with E-state index in [4.69, 9.17) is 5.26 Å². The fraction of sp³-hybridized carbons (Fsp3) is 0.273. The van der Waals surface area contributed by atoms with E-state index in [9.17, 15) is 0 Å². The van der Waals surface area contributed by atoms with Crippen molar-refractivity contribution in [2.45, 2.75) is 13.5 Å². The minimum Gasteiger partial charge on any atom is -0.313 e. The van der Waals surface area contributed by atoms with Gasteiger partial charge in [-0.1, -0.05) is 0 Å². The number of aryl methyl sites for hydroxylation is 1. The van der Waals surface area contributed by atoms with E-state index in [1.54, 1.807) is 0 Å². The first-order valence-electron chi connectivity index (χ1n) is 4.78. The number of nitrogens with zero attached hydrogens (tertiary/aromatic N) is 3. The molecule has 0 aromatic carbocycles. The van der Waals surface area contributed by atoms with Crippen LogP contribution in [0, 0.1) is 18.3 Å². The largest absolute Gasteiger partial charge is 0.313 e. The van der Waals surface area contributed by atoms with Crippen LogP contribution in [0.15, 0.2) is 18.3 Å². The van der Waals surface area contributed by atoms with Gasteiger partial charge in [0.1, 0.15) is 11.9 Å². The Morgan fingerprint density at radius 1 is 1.60 bits per heavy atom. The van der Waals surface area contributed by atoms with Crippen LogP contribution in [0.25, 0.3) is 5.52 Å². The molecule has 0 radical (unpaired) electrons. The molecule has 0 amide bonds. The number of fused-ring (bicyclic) bond motifs is 1. The first-order valence-corrected chi connectivity index (χ1v) is 4.78. The molecule has 76 valence electrons. The summed E-state index contributed by atoms with van der Waals surface area (Å²) in [6, 6.07) is 6.10. The highest BCUT2D eigenvalue weighted by Crippen LogP contribution is 2.14. The summed E-state index contributed by atoms with van der Waals surface area (Å²) in [5.74, 6) is 0.865. The molecular formula is C11H12N4. The lowest BCUT2D eigenvalue weighted by Gasteiger charge is -2.00. The van der Waals surface area contributed by atoms with Gasteiger partial charge in [0.05, 0.1) is 12.1 Å². The van der Waals surface area contributed by atoms with Gasteiger partial charge in [0, 0.05) is 6.20 Å². The highest BCUT2D eigenvalue weighted by atomic mass is 15.1. The minimum absolute atomic E-state index is 0.490. The molecule has 0 spiro atoms. The van der Waals surface area contributed by atoms with E-state index in [2.05, 4.69) is 16.4 Å². The summed E-state index contributed by atoms with van der Waals surface area (Å²) in [6.07, 6.45) is 1.95. The van der Waals surface area contributed by atoms with E-state index in [1.165, 1.54) is 0 Å². The molecule has 0 atom stereocenters. The van der Waals surface area contributed by atoms with E-state index < -0.39 is 0 Å². The van der Waals surface area contributed by atoms with Crippen LogP contribution >= 0.6 is 0 Å². The molecule has 1 N–H and O–H groups in total. The zero-order valence-electron chi connectivity index (χ0n) is 8.78. The molecular weight excluding hydrogens is 188 g/mol. The molecule has 0 saturated carbocycles. The second-order valence-corrected chi connectivity index (χ2v) is 3.48. The summed E-state index contributed by atoms with van der Waals surface area (Å²) in [7, 11) is 1.86. The monoisotopic (exact) mass is 200 g/mol. The van der Waals surface area contributed by atoms with Crippen molar-refractivity contribution in [2.24, 2.45) is 0 Å². The maximum absolute atomic E-state index is 8.96. The topological polar surface area (TPSA) is 53.1 Å². The van der Waals surface area contributed by atoms with Crippen LogP contribution in [-0.2, 0) is 6.54 Å². The first-order chi connectivity index (χ1) is 7.26. The number of aromatic nitrogens is 2. The summed E-state index contributed by atoms with van der Waals surface area (Å²) in [6.45, 7) is 2.66. The van der Waals surface area contributed by atoms with Crippen LogP contribution in [0.5, 0.6) is 0 Å². The van der Waals surface area contributed by atoms with Crippen LogP contribution in [0.2, 0.25) is 0 Å². The predicted molar refractivity (Wildman–Crippen MR) is 57.4 cm³/mol. The van der Waals surface area contributed by atoms with Crippen molar-refractivity contribution in [2.75, 3.05) is 7.05 Å². The van der Waals surface area contributed by atoms with Crippen LogP contribution in [0.3, 0.4) is 0 Å². The average Bonchev–Trinajstić information content (AvgIpc) is 2.56. The van der Waals surface area contributed by atoms with Crippen LogP contribution in [-0.4, -0.2) is 16.4 Å². The molecule has 0 fully saturated rings. The summed E-state index contributed by atoms with van der Waals surface area (Å²) in [4.78, 5) is 4.28. The standard InChI is InChI=1S/C11H12N4/c1-8-3-4-15-10(5-8)9(6-12)14-11(15)7-13-2/h3-5,13H,7H2,1-2H3. The molecule has 0 aliphatic heterocycles. The number of nitriles is 1. The van der Waals surface area contributed by atoms with Crippen molar-refractivity contribution in [1.29, 1.82) is 5.26 Å². The van der Waals surface area contributed by atoms with Crippen molar-refractivity contribution < 1.29 is 0 Å². The fourth-order valence-corrected chi connectivity index (χ4v) is 1.62. The zero-order valence-corrected chi connectivity index (χ0v) is 8.78. The van der Waals surface area contributed by atoms with Crippen molar-refractivity contribution in [3.63, 3.8) is 0 Å². The van der Waals surface area contributed by atoms with Crippen LogP contribution in [0.4, 0.5) is 0 Å². The molecule has 0 unspecified atom stereocenters. The minimum atomic E-state index is 0.490. The van der Waals surface area contributed by atoms with Crippen molar-refractivity contribution in [3.8, 4) is 6.07 Å². The van der Waals surface area contributed by atoms with Gasteiger partial charge in [-0.05, 0) is 31.7 Å². The number of hydrogen-bond donors (Lipinski definition) is 1. The highest BCUT2D eigenvalue weighted by molar-refractivity contribution is 5.59. The lowest BCUT2D eigenvalue weighted by atomic mass is 10.2.